The molecule has 112 valence electrons. The number of halogens is 1. The maximum atomic E-state index is 12.1. The first-order chi connectivity index (χ1) is 10.0. The molecule has 3 nitrogen and oxygen atoms in total. The highest BCUT2D eigenvalue weighted by molar-refractivity contribution is 9.10. The highest BCUT2D eigenvalue weighted by Crippen LogP contribution is 2.16. The zero-order valence-electron chi connectivity index (χ0n) is 12.2. The normalized spacial score (nSPS) is 12.4. The minimum absolute atomic E-state index is 0.0140. The van der Waals surface area contributed by atoms with Crippen molar-refractivity contribution in [3.8, 4) is 0 Å². The SMILES string of the molecule is CC(NC(=O)CN(C)Cc1ccsc1)c1ccc(Br)cc1. The number of nitrogens with one attached hydrogen (secondary N) is 1. The topological polar surface area (TPSA) is 32.3 Å². The number of carbonyl (C=O) groups excluding carboxylic acids is 1. The Kier molecular flexibility index (Phi) is 5.96. The van der Waals surface area contributed by atoms with Crippen molar-refractivity contribution in [1.29, 1.82) is 0 Å². The van der Waals surface area contributed by atoms with Gasteiger partial charge in [0.25, 0.3) is 0 Å². The summed E-state index contributed by atoms with van der Waals surface area (Å²) in [5.74, 6) is 0.0446. The van der Waals surface area contributed by atoms with Gasteiger partial charge in [0.1, 0.15) is 0 Å². The molecule has 5 heteroatoms. The van der Waals surface area contributed by atoms with Crippen LogP contribution in [0.2, 0.25) is 0 Å². The van der Waals surface area contributed by atoms with Gasteiger partial charge in [-0.1, -0.05) is 28.1 Å². The number of thiophene rings is 1. The fourth-order valence-corrected chi connectivity index (χ4v) is 3.04. The van der Waals surface area contributed by atoms with Crippen LogP contribution in [-0.4, -0.2) is 24.4 Å². The Bertz CT molecular complexity index is 568. The van der Waals surface area contributed by atoms with Crippen molar-refractivity contribution >= 4 is 33.2 Å². The number of nitrogens with zero attached hydrogens (tertiary/aromatic N) is 1. The van der Waals surface area contributed by atoms with Crippen LogP contribution in [0.3, 0.4) is 0 Å². The fraction of sp³-hybridized carbons (Fsp3) is 0.312. The van der Waals surface area contributed by atoms with Gasteiger partial charge in [0.15, 0.2) is 0 Å². The number of hydrogen-bond donors (Lipinski definition) is 1. The molecule has 0 saturated heterocycles. The fourth-order valence-electron chi connectivity index (χ4n) is 2.12. The minimum Gasteiger partial charge on any atom is -0.348 e. The van der Waals surface area contributed by atoms with Crippen LogP contribution in [0.25, 0.3) is 0 Å². The highest BCUT2D eigenvalue weighted by Gasteiger charge is 2.12. The smallest absolute Gasteiger partial charge is 0.234 e. The zero-order valence-corrected chi connectivity index (χ0v) is 14.6. The molecule has 1 atom stereocenters. The molecule has 21 heavy (non-hydrogen) atoms. The van der Waals surface area contributed by atoms with Crippen molar-refractivity contribution < 1.29 is 4.79 Å². The molecule has 0 aliphatic carbocycles. The average Bonchev–Trinajstić information content (AvgIpc) is 2.91. The Morgan fingerprint density at radius 1 is 1.33 bits per heavy atom. The lowest BCUT2D eigenvalue weighted by Crippen LogP contribution is -2.36. The van der Waals surface area contributed by atoms with E-state index in [1.54, 1.807) is 11.3 Å². The number of amides is 1. The molecule has 2 rings (SSSR count). The van der Waals surface area contributed by atoms with Crippen molar-refractivity contribution in [2.24, 2.45) is 0 Å². The third kappa shape index (κ3) is 5.26. The lowest BCUT2D eigenvalue weighted by molar-refractivity contribution is -0.122. The first-order valence-electron chi connectivity index (χ1n) is 6.79. The molecule has 1 N–H and O–H groups in total. The van der Waals surface area contributed by atoms with Crippen molar-refractivity contribution in [3.05, 3.63) is 56.7 Å². The number of carbonyl (C=O) groups is 1. The summed E-state index contributed by atoms with van der Waals surface area (Å²) in [5, 5.41) is 7.20. The summed E-state index contributed by atoms with van der Waals surface area (Å²) in [5.41, 5.74) is 2.35. The van der Waals surface area contributed by atoms with Crippen LogP contribution in [0.15, 0.2) is 45.6 Å². The number of likely N-dealkylation sites (N-methyl/N-ethyl adjacent to an activating group) is 1. The van der Waals surface area contributed by atoms with E-state index in [-0.39, 0.29) is 11.9 Å². The Balaban J connectivity index is 1.82. The molecule has 1 aromatic heterocycles. The average molecular weight is 367 g/mol. The quantitative estimate of drug-likeness (QED) is 0.842. The van der Waals surface area contributed by atoms with E-state index < -0.39 is 0 Å². The van der Waals surface area contributed by atoms with Gasteiger partial charge in [0, 0.05) is 11.0 Å². The second-order valence-corrected chi connectivity index (χ2v) is 6.84. The van der Waals surface area contributed by atoms with E-state index in [2.05, 4.69) is 38.1 Å². The first-order valence-corrected chi connectivity index (χ1v) is 8.52. The summed E-state index contributed by atoms with van der Waals surface area (Å²) >= 11 is 5.09. The Morgan fingerprint density at radius 2 is 2.05 bits per heavy atom. The van der Waals surface area contributed by atoms with Gasteiger partial charge in [-0.05, 0) is 54.1 Å². The maximum Gasteiger partial charge on any atom is 0.234 e. The van der Waals surface area contributed by atoms with E-state index in [9.17, 15) is 4.79 Å². The van der Waals surface area contributed by atoms with E-state index in [4.69, 9.17) is 0 Å². The van der Waals surface area contributed by atoms with Crippen molar-refractivity contribution in [3.63, 3.8) is 0 Å². The predicted octanol–water partition coefficient (Wildman–Crippen LogP) is 3.82. The second kappa shape index (κ2) is 7.73. The number of benzene rings is 1. The molecular weight excluding hydrogens is 348 g/mol. The summed E-state index contributed by atoms with van der Waals surface area (Å²) in [6, 6.07) is 10.1. The van der Waals surface area contributed by atoms with Gasteiger partial charge < -0.3 is 5.32 Å². The molecule has 0 fully saturated rings. The van der Waals surface area contributed by atoms with Crippen LogP contribution < -0.4 is 5.32 Å². The predicted molar refractivity (Wildman–Crippen MR) is 91.4 cm³/mol. The molecule has 0 bridgehead atoms. The summed E-state index contributed by atoms with van der Waals surface area (Å²) in [6.07, 6.45) is 0. The Morgan fingerprint density at radius 3 is 2.67 bits per heavy atom. The molecule has 1 heterocycles. The molecule has 0 aliphatic rings. The van der Waals surface area contributed by atoms with E-state index in [0.29, 0.717) is 6.54 Å². The van der Waals surface area contributed by atoms with Gasteiger partial charge in [-0.2, -0.15) is 11.3 Å². The van der Waals surface area contributed by atoms with Crippen LogP contribution in [0, 0.1) is 0 Å². The van der Waals surface area contributed by atoms with Crippen LogP contribution >= 0.6 is 27.3 Å². The van der Waals surface area contributed by atoms with Crippen molar-refractivity contribution in [2.75, 3.05) is 13.6 Å². The molecule has 2 aromatic rings. The standard InChI is InChI=1S/C16H19BrN2OS/c1-12(14-3-5-15(17)6-4-14)18-16(20)10-19(2)9-13-7-8-21-11-13/h3-8,11-12H,9-10H2,1-2H3,(H,18,20). The molecule has 0 radical (unpaired) electrons. The second-order valence-electron chi connectivity index (χ2n) is 5.14. The van der Waals surface area contributed by atoms with Crippen LogP contribution in [0.5, 0.6) is 0 Å². The summed E-state index contributed by atoms with van der Waals surface area (Å²) in [6.45, 7) is 3.19. The molecule has 0 spiro atoms. The largest absolute Gasteiger partial charge is 0.348 e. The van der Waals surface area contributed by atoms with E-state index in [1.165, 1.54) is 5.56 Å². The summed E-state index contributed by atoms with van der Waals surface area (Å²) < 4.78 is 1.04. The molecule has 0 aliphatic heterocycles. The molecular formula is C16H19BrN2OS. The third-order valence-electron chi connectivity index (χ3n) is 3.19. The van der Waals surface area contributed by atoms with Gasteiger partial charge >= 0.3 is 0 Å². The lowest BCUT2D eigenvalue weighted by atomic mass is 10.1. The Labute approximate surface area is 138 Å². The first kappa shape index (κ1) is 16.2. The summed E-state index contributed by atoms with van der Waals surface area (Å²) in [7, 11) is 1.96. The molecule has 1 amide bonds. The van der Waals surface area contributed by atoms with Crippen LogP contribution in [0.4, 0.5) is 0 Å². The monoisotopic (exact) mass is 366 g/mol. The van der Waals surface area contributed by atoms with Crippen molar-refractivity contribution in [1.82, 2.24) is 10.2 Å². The Hall–Kier alpha value is -1.17. The van der Waals surface area contributed by atoms with E-state index in [1.807, 2.05) is 43.1 Å². The van der Waals surface area contributed by atoms with Gasteiger partial charge in [0.2, 0.25) is 5.91 Å². The van der Waals surface area contributed by atoms with Gasteiger partial charge in [-0.3, -0.25) is 9.69 Å². The summed E-state index contributed by atoms with van der Waals surface area (Å²) in [4.78, 5) is 14.1. The van der Waals surface area contributed by atoms with Crippen LogP contribution in [0.1, 0.15) is 24.1 Å². The minimum atomic E-state index is 0.0140. The van der Waals surface area contributed by atoms with Crippen molar-refractivity contribution in [2.45, 2.75) is 19.5 Å². The van der Waals surface area contributed by atoms with E-state index in [0.717, 1.165) is 16.6 Å². The number of rotatable bonds is 6. The molecule has 1 unspecified atom stereocenters. The molecule has 1 aromatic carbocycles. The maximum absolute atomic E-state index is 12.1. The van der Waals surface area contributed by atoms with Gasteiger partial charge in [-0.15, -0.1) is 0 Å². The highest BCUT2D eigenvalue weighted by atomic mass is 79.9. The van der Waals surface area contributed by atoms with Gasteiger partial charge in [0.05, 0.1) is 12.6 Å². The van der Waals surface area contributed by atoms with Gasteiger partial charge in [-0.25, -0.2) is 0 Å². The molecule has 0 saturated carbocycles. The van der Waals surface area contributed by atoms with E-state index >= 15 is 0 Å². The van der Waals surface area contributed by atoms with Crippen LogP contribution in [-0.2, 0) is 11.3 Å². The zero-order chi connectivity index (χ0) is 15.2. The number of hydrogen-bond acceptors (Lipinski definition) is 3. The lowest BCUT2D eigenvalue weighted by Gasteiger charge is -2.19. The third-order valence-corrected chi connectivity index (χ3v) is 4.45.